The molecule has 1 amide bonds. The van der Waals surface area contributed by atoms with Gasteiger partial charge in [0.15, 0.2) is 11.5 Å². The van der Waals surface area contributed by atoms with Crippen LogP contribution in [0.5, 0.6) is 17.2 Å². The van der Waals surface area contributed by atoms with Gasteiger partial charge >= 0.3 is 0 Å². The molecule has 108 valence electrons. The van der Waals surface area contributed by atoms with Crippen molar-refractivity contribution in [3.63, 3.8) is 0 Å². The number of hydrogen-bond acceptors (Lipinski definition) is 5. The van der Waals surface area contributed by atoms with Crippen molar-refractivity contribution < 1.29 is 19.4 Å². The first-order valence-corrected chi connectivity index (χ1v) is 6.71. The molecule has 2 aliphatic rings. The molecule has 1 aromatic rings. The van der Waals surface area contributed by atoms with Crippen molar-refractivity contribution in [2.45, 2.75) is 25.4 Å². The van der Waals surface area contributed by atoms with Gasteiger partial charge in [-0.05, 0) is 26.0 Å². The number of rotatable bonds is 5. The number of amides is 1. The second kappa shape index (κ2) is 5.20. The largest absolute Gasteiger partial charge is 0.507 e. The molecule has 2 N–H and O–H groups in total. The van der Waals surface area contributed by atoms with Gasteiger partial charge in [0, 0.05) is 24.2 Å². The molecule has 1 heterocycles. The van der Waals surface area contributed by atoms with Gasteiger partial charge in [0.25, 0.3) is 0 Å². The fourth-order valence-corrected chi connectivity index (χ4v) is 2.19. The zero-order valence-corrected chi connectivity index (χ0v) is 11.4. The molecule has 1 fully saturated rings. The Labute approximate surface area is 117 Å². The minimum Gasteiger partial charge on any atom is -0.507 e. The molecule has 0 saturated heterocycles. The quantitative estimate of drug-likeness (QED) is 0.835. The van der Waals surface area contributed by atoms with Gasteiger partial charge in [-0.15, -0.1) is 0 Å². The summed E-state index contributed by atoms with van der Waals surface area (Å²) in [7, 11) is 1.84. The van der Waals surface area contributed by atoms with E-state index in [0.29, 0.717) is 30.6 Å². The first kappa shape index (κ1) is 13.1. The number of nitrogens with zero attached hydrogens (tertiary/aromatic N) is 1. The average Bonchev–Trinajstić information content (AvgIpc) is 3.06. The summed E-state index contributed by atoms with van der Waals surface area (Å²) in [5, 5.41) is 12.9. The highest BCUT2D eigenvalue weighted by Gasteiger charge is 2.24. The second-order valence-corrected chi connectivity index (χ2v) is 5.35. The van der Waals surface area contributed by atoms with Crippen molar-refractivity contribution in [2.24, 2.45) is 0 Å². The highest BCUT2D eigenvalue weighted by atomic mass is 16.7. The Morgan fingerprint density at radius 3 is 2.80 bits per heavy atom. The van der Waals surface area contributed by atoms with Crippen LogP contribution in [0.2, 0.25) is 0 Å². The van der Waals surface area contributed by atoms with Gasteiger partial charge in [-0.3, -0.25) is 9.69 Å². The lowest BCUT2D eigenvalue weighted by Crippen LogP contribution is -2.35. The number of aromatic hydroxyl groups is 1. The average molecular weight is 278 g/mol. The highest BCUT2D eigenvalue weighted by Crippen LogP contribution is 2.37. The molecule has 0 aromatic heterocycles. The number of carbonyl (C=O) groups excluding carboxylic acids is 1. The van der Waals surface area contributed by atoms with E-state index in [9.17, 15) is 9.90 Å². The first-order chi connectivity index (χ1) is 9.61. The number of benzene rings is 1. The Hall–Kier alpha value is -1.95. The molecule has 6 heteroatoms. The molecule has 0 bridgehead atoms. The molecule has 0 radical (unpaired) electrons. The Kier molecular flexibility index (Phi) is 3.40. The van der Waals surface area contributed by atoms with E-state index in [1.165, 1.54) is 0 Å². The highest BCUT2D eigenvalue weighted by molar-refractivity contribution is 5.78. The van der Waals surface area contributed by atoms with E-state index in [1.807, 2.05) is 11.9 Å². The Bertz CT molecular complexity index is 528. The molecule has 1 aromatic carbocycles. The van der Waals surface area contributed by atoms with Gasteiger partial charge < -0.3 is 19.9 Å². The number of nitrogens with one attached hydrogen (secondary N) is 1. The third kappa shape index (κ3) is 2.96. The van der Waals surface area contributed by atoms with Gasteiger partial charge in [0.05, 0.1) is 6.54 Å². The predicted octanol–water partition coefficient (Wildman–Crippen LogP) is 0.831. The number of carbonyl (C=O) groups is 1. The van der Waals surface area contributed by atoms with Crippen LogP contribution in [-0.4, -0.2) is 42.3 Å². The number of hydrogen-bond donors (Lipinski definition) is 2. The zero-order valence-electron chi connectivity index (χ0n) is 11.4. The van der Waals surface area contributed by atoms with E-state index in [-0.39, 0.29) is 18.4 Å². The maximum atomic E-state index is 11.7. The summed E-state index contributed by atoms with van der Waals surface area (Å²) >= 11 is 0. The minimum absolute atomic E-state index is 0.0234. The van der Waals surface area contributed by atoms with Crippen molar-refractivity contribution in [1.29, 1.82) is 0 Å². The zero-order chi connectivity index (χ0) is 14.1. The van der Waals surface area contributed by atoms with Crippen LogP contribution < -0.4 is 14.8 Å². The normalized spacial score (nSPS) is 16.5. The SMILES string of the molecule is CN(CC(=O)NC1CC1)Cc1cc2c(cc1O)OCO2. The van der Waals surface area contributed by atoms with Crippen molar-refractivity contribution >= 4 is 5.91 Å². The number of likely N-dealkylation sites (N-methyl/N-ethyl adjacent to an activating group) is 1. The standard InChI is InChI=1S/C14H18N2O4/c1-16(7-14(18)15-10-2-3-10)6-9-4-12-13(5-11(9)17)20-8-19-12/h4-5,10,17H,2-3,6-8H2,1H3,(H,15,18). The molecule has 1 aliphatic heterocycles. The molecular formula is C14H18N2O4. The number of ether oxygens (including phenoxy) is 2. The third-order valence-corrected chi connectivity index (χ3v) is 3.37. The molecular weight excluding hydrogens is 260 g/mol. The van der Waals surface area contributed by atoms with Gasteiger partial charge in [-0.25, -0.2) is 0 Å². The van der Waals surface area contributed by atoms with Gasteiger partial charge in [-0.2, -0.15) is 0 Å². The number of fused-ring (bicyclic) bond motifs is 1. The van der Waals surface area contributed by atoms with E-state index in [1.54, 1.807) is 12.1 Å². The van der Waals surface area contributed by atoms with Gasteiger partial charge in [0.2, 0.25) is 12.7 Å². The van der Waals surface area contributed by atoms with Gasteiger partial charge in [0.1, 0.15) is 5.75 Å². The van der Waals surface area contributed by atoms with E-state index in [4.69, 9.17) is 9.47 Å². The lowest BCUT2D eigenvalue weighted by atomic mass is 10.1. The second-order valence-electron chi connectivity index (χ2n) is 5.35. The summed E-state index contributed by atoms with van der Waals surface area (Å²) in [5.74, 6) is 1.37. The van der Waals surface area contributed by atoms with E-state index >= 15 is 0 Å². The van der Waals surface area contributed by atoms with Crippen molar-refractivity contribution in [3.8, 4) is 17.2 Å². The maximum Gasteiger partial charge on any atom is 0.234 e. The molecule has 3 rings (SSSR count). The topological polar surface area (TPSA) is 71.0 Å². The van der Waals surface area contributed by atoms with E-state index in [0.717, 1.165) is 18.4 Å². The lowest BCUT2D eigenvalue weighted by Gasteiger charge is -2.17. The van der Waals surface area contributed by atoms with Gasteiger partial charge in [-0.1, -0.05) is 0 Å². The Morgan fingerprint density at radius 2 is 2.10 bits per heavy atom. The maximum absolute atomic E-state index is 11.7. The molecule has 0 spiro atoms. The van der Waals surface area contributed by atoms with Crippen molar-refractivity contribution in [2.75, 3.05) is 20.4 Å². The monoisotopic (exact) mass is 278 g/mol. The van der Waals surface area contributed by atoms with Crippen LogP contribution in [0.3, 0.4) is 0 Å². The molecule has 1 saturated carbocycles. The van der Waals surface area contributed by atoms with Crippen LogP contribution in [0.15, 0.2) is 12.1 Å². The number of phenolic OH excluding ortho intramolecular Hbond substituents is 1. The van der Waals surface area contributed by atoms with Crippen molar-refractivity contribution in [1.82, 2.24) is 10.2 Å². The summed E-state index contributed by atoms with van der Waals surface area (Å²) in [6, 6.07) is 3.68. The Balaban J connectivity index is 1.60. The van der Waals surface area contributed by atoms with Crippen LogP contribution >= 0.6 is 0 Å². The molecule has 0 atom stereocenters. The summed E-state index contributed by atoms with van der Waals surface area (Å²) in [6.07, 6.45) is 2.16. The summed E-state index contributed by atoms with van der Waals surface area (Å²) in [5.41, 5.74) is 0.718. The molecule has 20 heavy (non-hydrogen) atoms. The van der Waals surface area contributed by atoms with E-state index < -0.39 is 0 Å². The number of phenols is 1. The summed E-state index contributed by atoms with van der Waals surface area (Å²) < 4.78 is 10.5. The van der Waals surface area contributed by atoms with E-state index in [2.05, 4.69) is 5.32 Å². The fourth-order valence-electron chi connectivity index (χ4n) is 2.19. The Morgan fingerprint density at radius 1 is 1.40 bits per heavy atom. The first-order valence-electron chi connectivity index (χ1n) is 6.71. The van der Waals surface area contributed by atoms with Crippen LogP contribution in [0.1, 0.15) is 18.4 Å². The molecule has 6 nitrogen and oxygen atoms in total. The van der Waals surface area contributed by atoms with Crippen molar-refractivity contribution in [3.05, 3.63) is 17.7 Å². The van der Waals surface area contributed by atoms with Crippen LogP contribution in [0, 0.1) is 0 Å². The van der Waals surface area contributed by atoms with Crippen LogP contribution in [0.25, 0.3) is 0 Å². The predicted molar refractivity (Wildman–Crippen MR) is 71.7 cm³/mol. The smallest absolute Gasteiger partial charge is 0.234 e. The van der Waals surface area contributed by atoms with Crippen LogP contribution in [0.4, 0.5) is 0 Å². The molecule has 1 aliphatic carbocycles. The fraction of sp³-hybridized carbons (Fsp3) is 0.500. The van der Waals surface area contributed by atoms with Crippen LogP contribution in [-0.2, 0) is 11.3 Å². The lowest BCUT2D eigenvalue weighted by molar-refractivity contribution is -0.122. The summed E-state index contributed by atoms with van der Waals surface area (Å²) in [6.45, 7) is 0.961. The molecule has 0 unspecified atom stereocenters. The minimum atomic E-state index is 0.0234. The third-order valence-electron chi connectivity index (χ3n) is 3.37. The summed E-state index contributed by atoms with van der Waals surface area (Å²) in [4.78, 5) is 13.6.